The molecule has 2 aliphatic rings. The highest BCUT2D eigenvalue weighted by Crippen LogP contribution is 2.34. The summed E-state index contributed by atoms with van der Waals surface area (Å²) in [5.41, 5.74) is 2.04. The number of nitrogens with one attached hydrogen (secondary N) is 1. The first-order valence-corrected chi connectivity index (χ1v) is 14.8. The lowest BCUT2D eigenvalue weighted by molar-refractivity contribution is 0.229. The number of hydrogen-bond acceptors (Lipinski definition) is 4. The van der Waals surface area contributed by atoms with Gasteiger partial charge in [-0.15, -0.1) is 0 Å². The smallest absolute Gasteiger partial charge is 0.322 e. The molecule has 0 atom stereocenters. The number of anilines is 1. The van der Waals surface area contributed by atoms with Gasteiger partial charge in [0.25, 0.3) is 0 Å². The number of amides is 2. The zero-order valence-corrected chi connectivity index (χ0v) is 22.7. The van der Waals surface area contributed by atoms with Crippen molar-refractivity contribution in [2.45, 2.75) is 82.0 Å². The number of nitriles is 1. The Hall–Kier alpha value is -2.89. The molecule has 1 aliphatic heterocycles. The van der Waals surface area contributed by atoms with Crippen LogP contribution < -0.4 is 10.2 Å². The first-order valence-electron chi connectivity index (χ1n) is 13.4. The fourth-order valence-corrected chi connectivity index (χ4v) is 7.30. The molecule has 198 valence electrons. The number of sulfonamides is 1. The van der Waals surface area contributed by atoms with Gasteiger partial charge in [0, 0.05) is 30.9 Å². The molecule has 2 fully saturated rings. The Morgan fingerprint density at radius 1 is 0.973 bits per heavy atom. The number of nitrogens with zero attached hydrogens (tertiary/aromatic N) is 3. The molecule has 2 amide bonds. The topological polar surface area (TPSA) is 93.5 Å². The van der Waals surface area contributed by atoms with Gasteiger partial charge in [-0.05, 0) is 63.3 Å². The average molecular weight is 523 g/mol. The van der Waals surface area contributed by atoms with Gasteiger partial charge >= 0.3 is 6.03 Å². The Morgan fingerprint density at radius 2 is 1.62 bits per heavy atom. The molecule has 0 aromatic heterocycles. The van der Waals surface area contributed by atoms with Crippen LogP contribution in [-0.2, 0) is 14.8 Å². The van der Waals surface area contributed by atoms with Gasteiger partial charge in [-0.2, -0.15) is 5.26 Å². The molecule has 0 bridgehead atoms. The van der Waals surface area contributed by atoms with E-state index >= 15 is 0 Å². The van der Waals surface area contributed by atoms with Crippen molar-refractivity contribution in [1.29, 1.82) is 5.26 Å². The summed E-state index contributed by atoms with van der Waals surface area (Å²) < 4.78 is 27.6. The predicted molar refractivity (Wildman–Crippen MR) is 147 cm³/mol. The first-order chi connectivity index (χ1) is 17.7. The highest BCUT2D eigenvalue weighted by molar-refractivity contribution is 7.90. The van der Waals surface area contributed by atoms with Crippen molar-refractivity contribution in [2.24, 2.45) is 0 Å². The number of urea groups is 1. The number of benzene rings is 2. The molecule has 4 rings (SSSR count). The van der Waals surface area contributed by atoms with Crippen LogP contribution in [0.25, 0.3) is 0 Å². The number of hydrogen-bond donors (Lipinski definition) is 1. The molecular formula is C29H38N4O3S. The summed E-state index contributed by atoms with van der Waals surface area (Å²) in [4.78, 5) is 15.5. The van der Waals surface area contributed by atoms with E-state index in [0.29, 0.717) is 31.5 Å². The van der Waals surface area contributed by atoms with Gasteiger partial charge in [-0.3, -0.25) is 4.90 Å². The molecular weight excluding hydrogens is 484 g/mol. The molecule has 1 saturated heterocycles. The van der Waals surface area contributed by atoms with Gasteiger partial charge in [0.2, 0.25) is 10.0 Å². The van der Waals surface area contributed by atoms with Crippen molar-refractivity contribution in [3.63, 3.8) is 0 Å². The molecule has 8 heteroatoms. The maximum Gasteiger partial charge on any atom is 0.322 e. The molecule has 0 unspecified atom stereocenters. The van der Waals surface area contributed by atoms with Gasteiger partial charge in [0.15, 0.2) is 0 Å². The molecule has 2 aromatic carbocycles. The maximum atomic E-state index is 13.6. The minimum absolute atomic E-state index is 0.0866. The van der Waals surface area contributed by atoms with Crippen LogP contribution in [0.4, 0.5) is 10.5 Å². The summed E-state index contributed by atoms with van der Waals surface area (Å²) >= 11 is 0. The number of carbonyl (C=O) groups is 1. The number of carbonyl (C=O) groups excluding carboxylic acids is 1. The molecule has 37 heavy (non-hydrogen) atoms. The lowest BCUT2D eigenvalue weighted by Gasteiger charge is -2.38. The van der Waals surface area contributed by atoms with E-state index in [2.05, 4.69) is 11.4 Å². The SMILES string of the molecule is CC(C)(c1ccccc1)S(=O)(=O)N1CCC(NC(=O)N(c2cccc(C#N)c2)C2CCCCCC2)CC1. The average Bonchev–Trinajstić information content (AvgIpc) is 3.19. The second-order valence-electron chi connectivity index (χ2n) is 10.7. The molecule has 1 heterocycles. The fraction of sp³-hybridized carbons (Fsp3) is 0.517. The summed E-state index contributed by atoms with van der Waals surface area (Å²) in [5, 5.41) is 12.6. The third-order valence-electron chi connectivity index (χ3n) is 7.90. The van der Waals surface area contributed by atoms with Crippen molar-refractivity contribution in [3.8, 4) is 6.07 Å². The quantitative estimate of drug-likeness (QED) is 0.505. The van der Waals surface area contributed by atoms with Crippen LogP contribution in [0.1, 0.15) is 76.3 Å². The van der Waals surface area contributed by atoms with Gasteiger partial charge in [0.05, 0.1) is 11.6 Å². The lowest BCUT2D eigenvalue weighted by Crippen LogP contribution is -2.54. The molecule has 1 aliphatic carbocycles. The number of piperidine rings is 1. The lowest BCUT2D eigenvalue weighted by atomic mass is 10.0. The van der Waals surface area contributed by atoms with Gasteiger partial charge in [-0.1, -0.05) is 62.1 Å². The van der Waals surface area contributed by atoms with E-state index in [0.717, 1.165) is 36.9 Å². The second-order valence-corrected chi connectivity index (χ2v) is 13.2. The van der Waals surface area contributed by atoms with Crippen LogP contribution in [0.2, 0.25) is 0 Å². The van der Waals surface area contributed by atoms with Crippen LogP contribution in [0.5, 0.6) is 0 Å². The van der Waals surface area contributed by atoms with Gasteiger partial charge in [0.1, 0.15) is 4.75 Å². The van der Waals surface area contributed by atoms with E-state index in [1.54, 1.807) is 30.3 Å². The molecule has 0 spiro atoms. The third-order valence-corrected chi connectivity index (χ3v) is 10.5. The Balaban J connectivity index is 1.45. The summed E-state index contributed by atoms with van der Waals surface area (Å²) in [5.74, 6) is 0. The van der Waals surface area contributed by atoms with Crippen LogP contribution in [0, 0.1) is 11.3 Å². The monoisotopic (exact) mass is 522 g/mol. The van der Waals surface area contributed by atoms with Crippen molar-refractivity contribution in [3.05, 3.63) is 65.7 Å². The van der Waals surface area contributed by atoms with Crippen LogP contribution in [0.15, 0.2) is 54.6 Å². The highest BCUT2D eigenvalue weighted by Gasteiger charge is 2.42. The van der Waals surface area contributed by atoms with E-state index in [1.165, 1.54) is 12.8 Å². The Bertz CT molecular complexity index is 1210. The minimum atomic E-state index is -3.58. The standard InChI is InChI=1S/C29H38N4O3S/c1-29(2,24-12-6-5-7-13-24)37(35,36)32-19-17-25(18-20-32)31-28(34)33(26-14-8-3-4-9-15-26)27-16-10-11-23(21-27)22-30/h5-7,10-13,16,21,25-26H,3-4,8-9,14-15,17-20H2,1-2H3,(H,31,34). The Kier molecular flexibility index (Phi) is 8.56. The predicted octanol–water partition coefficient (Wildman–Crippen LogP) is 5.53. The van der Waals surface area contributed by atoms with Gasteiger partial charge in [-0.25, -0.2) is 17.5 Å². The van der Waals surface area contributed by atoms with E-state index in [4.69, 9.17) is 0 Å². The van der Waals surface area contributed by atoms with E-state index in [-0.39, 0.29) is 18.1 Å². The minimum Gasteiger partial charge on any atom is -0.335 e. The third kappa shape index (κ3) is 6.00. The summed E-state index contributed by atoms with van der Waals surface area (Å²) in [6.07, 6.45) is 7.52. The zero-order valence-electron chi connectivity index (χ0n) is 21.9. The maximum absolute atomic E-state index is 13.6. The van der Waals surface area contributed by atoms with Crippen molar-refractivity contribution < 1.29 is 13.2 Å². The summed E-state index contributed by atoms with van der Waals surface area (Å²) in [6.45, 7) is 4.25. The molecule has 1 N–H and O–H groups in total. The molecule has 0 radical (unpaired) electrons. The van der Waals surface area contributed by atoms with Crippen LogP contribution in [0.3, 0.4) is 0 Å². The largest absolute Gasteiger partial charge is 0.335 e. The zero-order chi connectivity index (χ0) is 26.5. The summed E-state index contributed by atoms with van der Waals surface area (Å²) in [6, 6.07) is 18.6. The van der Waals surface area contributed by atoms with Crippen LogP contribution in [-0.4, -0.2) is 43.9 Å². The Morgan fingerprint density at radius 3 is 2.24 bits per heavy atom. The van der Waals surface area contributed by atoms with Crippen molar-refractivity contribution in [1.82, 2.24) is 9.62 Å². The second kappa shape index (κ2) is 11.7. The highest BCUT2D eigenvalue weighted by atomic mass is 32.2. The van der Waals surface area contributed by atoms with Crippen molar-refractivity contribution >= 4 is 21.7 Å². The van der Waals surface area contributed by atoms with Crippen LogP contribution >= 0.6 is 0 Å². The van der Waals surface area contributed by atoms with E-state index < -0.39 is 14.8 Å². The normalized spacial score (nSPS) is 18.5. The summed E-state index contributed by atoms with van der Waals surface area (Å²) in [7, 11) is -3.58. The first kappa shape index (κ1) is 27.2. The number of rotatable bonds is 6. The van der Waals surface area contributed by atoms with Crippen molar-refractivity contribution in [2.75, 3.05) is 18.0 Å². The molecule has 1 saturated carbocycles. The van der Waals surface area contributed by atoms with Gasteiger partial charge < -0.3 is 5.32 Å². The van der Waals surface area contributed by atoms with E-state index in [1.807, 2.05) is 47.4 Å². The Labute approximate surface area is 221 Å². The molecule has 7 nitrogen and oxygen atoms in total. The fourth-order valence-electron chi connectivity index (χ4n) is 5.53. The van der Waals surface area contributed by atoms with E-state index in [9.17, 15) is 18.5 Å². The molecule has 2 aromatic rings.